The molecule has 1 aromatic rings. The second-order valence-electron chi connectivity index (χ2n) is 9.61. The largest absolute Gasteiger partial charge is 0.467 e. The van der Waals surface area contributed by atoms with E-state index in [9.17, 15) is 14.4 Å². The van der Waals surface area contributed by atoms with Crippen molar-refractivity contribution in [3.05, 3.63) is 35.4 Å². The van der Waals surface area contributed by atoms with Crippen LogP contribution in [0.2, 0.25) is 0 Å². The van der Waals surface area contributed by atoms with Gasteiger partial charge >= 0.3 is 12.1 Å². The fourth-order valence-electron chi connectivity index (χ4n) is 4.18. The van der Waals surface area contributed by atoms with Crippen molar-refractivity contribution in [2.45, 2.75) is 65.0 Å². The molecule has 7 nitrogen and oxygen atoms in total. The van der Waals surface area contributed by atoms with E-state index < -0.39 is 29.1 Å². The van der Waals surface area contributed by atoms with Crippen molar-refractivity contribution >= 4 is 29.7 Å². The number of nitrogens with one attached hydrogen (secondary N) is 1. The molecular weight excluding hydrogens is 440 g/mol. The fourth-order valence-corrected chi connectivity index (χ4v) is 4.64. The van der Waals surface area contributed by atoms with Crippen LogP contribution in [0.1, 0.15) is 51.2 Å². The van der Waals surface area contributed by atoms with Gasteiger partial charge in [0.2, 0.25) is 5.91 Å². The summed E-state index contributed by atoms with van der Waals surface area (Å²) in [7, 11) is 1.28. The minimum absolute atomic E-state index is 0.303. The Hall–Kier alpha value is -2.06. The summed E-state index contributed by atoms with van der Waals surface area (Å²) in [5.41, 5.74) is 0.530. The number of amides is 2. The van der Waals surface area contributed by atoms with Gasteiger partial charge in [-0.3, -0.25) is 4.79 Å². The van der Waals surface area contributed by atoms with Gasteiger partial charge < -0.3 is 14.8 Å². The molecule has 2 rings (SSSR count). The van der Waals surface area contributed by atoms with Gasteiger partial charge in [0.05, 0.1) is 12.5 Å². The lowest BCUT2D eigenvalue weighted by molar-refractivity contribution is -0.157. The number of ether oxygens (including phenoxy) is 2. The summed E-state index contributed by atoms with van der Waals surface area (Å²) in [5, 5.41) is 3.32. The first-order chi connectivity index (χ1) is 15.5. The van der Waals surface area contributed by atoms with Crippen LogP contribution >= 0.6 is 11.8 Å². The van der Waals surface area contributed by atoms with Crippen molar-refractivity contribution in [2.75, 3.05) is 32.2 Å². The minimum Gasteiger partial charge on any atom is -0.467 e. The Kier molecular flexibility index (Phi) is 9.79. The molecule has 8 heteroatoms. The van der Waals surface area contributed by atoms with Gasteiger partial charge in [0.15, 0.2) is 0 Å². The van der Waals surface area contributed by atoms with Crippen molar-refractivity contribution in [1.82, 2.24) is 10.2 Å². The summed E-state index contributed by atoms with van der Waals surface area (Å²) in [6, 6.07) is 6.95. The summed E-state index contributed by atoms with van der Waals surface area (Å²) >= 11 is 1.54. The monoisotopic (exact) mass is 478 g/mol. The standard InChI is InChI=1S/C25H38N2O5S/c1-18-9-7-8-10-19(18)17-25(12-14-26-15-13-25)22(29)27(23(30)32-24(2,3)4)20(11-16-33-6)21(28)31-5/h7-10,20,26H,11-17H2,1-6H3/t20-/m0/s1. The molecular formula is C25H38N2O5S. The van der Waals surface area contributed by atoms with Crippen LogP contribution in [0.15, 0.2) is 24.3 Å². The molecule has 1 N–H and O–H groups in total. The number of thioether (sulfide) groups is 1. The minimum atomic E-state index is -1.03. The van der Waals surface area contributed by atoms with E-state index in [1.807, 2.05) is 37.4 Å². The maximum absolute atomic E-state index is 14.3. The first-order valence-electron chi connectivity index (χ1n) is 11.4. The topological polar surface area (TPSA) is 84.9 Å². The molecule has 33 heavy (non-hydrogen) atoms. The van der Waals surface area contributed by atoms with Crippen molar-refractivity contribution < 1.29 is 23.9 Å². The van der Waals surface area contributed by atoms with Crippen molar-refractivity contribution in [3.8, 4) is 0 Å². The van der Waals surface area contributed by atoms with Gasteiger partial charge in [-0.2, -0.15) is 11.8 Å². The Morgan fingerprint density at radius 1 is 1.18 bits per heavy atom. The van der Waals surface area contributed by atoms with Gasteiger partial charge in [0, 0.05) is 0 Å². The zero-order chi connectivity index (χ0) is 24.6. The number of carbonyl (C=O) groups is 3. The van der Waals surface area contributed by atoms with E-state index in [4.69, 9.17) is 9.47 Å². The first kappa shape index (κ1) is 27.2. The Bertz CT molecular complexity index is 830. The Morgan fingerprint density at radius 3 is 2.36 bits per heavy atom. The van der Waals surface area contributed by atoms with E-state index in [0.29, 0.717) is 44.5 Å². The quantitative estimate of drug-likeness (QED) is 0.566. The molecule has 1 aliphatic heterocycles. The highest BCUT2D eigenvalue weighted by molar-refractivity contribution is 7.98. The predicted molar refractivity (Wildman–Crippen MR) is 131 cm³/mol. The number of carbonyl (C=O) groups excluding carboxylic acids is 3. The van der Waals surface area contributed by atoms with Crippen LogP contribution in [0.25, 0.3) is 0 Å². The molecule has 184 valence electrons. The number of methoxy groups -OCH3 is 1. The predicted octanol–water partition coefficient (Wildman–Crippen LogP) is 3.97. The van der Waals surface area contributed by atoms with E-state index >= 15 is 0 Å². The zero-order valence-corrected chi connectivity index (χ0v) is 21.5. The number of hydrogen-bond acceptors (Lipinski definition) is 7. The van der Waals surface area contributed by atoms with Gasteiger partial charge in [0.25, 0.3) is 0 Å². The smallest absolute Gasteiger partial charge is 0.417 e. The second kappa shape index (κ2) is 11.9. The highest BCUT2D eigenvalue weighted by atomic mass is 32.2. The molecule has 1 heterocycles. The summed E-state index contributed by atoms with van der Waals surface area (Å²) in [6.07, 6.45) is 3.05. The normalized spacial score (nSPS) is 16.5. The summed E-state index contributed by atoms with van der Waals surface area (Å²) in [6.45, 7) is 8.58. The lowest BCUT2D eigenvalue weighted by Gasteiger charge is -2.41. The number of nitrogens with zero attached hydrogens (tertiary/aromatic N) is 1. The zero-order valence-electron chi connectivity index (χ0n) is 20.7. The van der Waals surface area contributed by atoms with Crippen LogP contribution in [0, 0.1) is 12.3 Å². The van der Waals surface area contributed by atoms with Crippen LogP contribution in [-0.4, -0.2) is 66.7 Å². The molecule has 0 bridgehead atoms. The van der Waals surface area contributed by atoms with Crippen molar-refractivity contribution in [1.29, 1.82) is 0 Å². The second-order valence-corrected chi connectivity index (χ2v) is 10.6. The number of aryl methyl sites for hydroxylation is 1. The maximum Gasteiger partial charge on any atom is 0.417 e. The molecule has 0 saturated carbocycles. The van der Waals surface area contributed by atoms with Crippen LogP contribution in [0.4, 0.5) is 4.79 Å². The number of rotatable bonds is 8. The lowest BCUT2D eigenvalue weighted by atomic mass is 9.72. The average molecular weight is 479 g/mol. The molecule has 1 aromatic carbocycles. The Labute approximate surface area is 202 Å². The van der Waals surface area contributed by atoms with Crippen LogP contribution < -0.4 is 5.32 Å². The third kappa shape index (κ3) is 7.21. The molecule has 0 aromatic heterocycles. The lowest BCUT2D eigenvalue weighted by Crippen LogP contribution is -2.58. The molecule has 0 unspecified atom stereocenters. The first-order valence-corrected chi connectivity index (χ1v) is 12.8. The molecule has 1 fully saturated rings. The van der Waals surface area contributed by atoms with Crippen molar-refractivity contribution in [2.24, 2.45) is 5.41 Å². The van der Waals surface area contributed by atoms with Gasteiger partial charge in [0.1, 0.15) is 11.6 Å². The Morgan fingerprint density at radius 2 is 1.82 bits per heavy atom. The third-order valence-electron chi connectivity index (χ3n) is 5.99. The summed E-state index contributed by atoms with van der Waals surface area (Å²) < 4.78 is 10.6. The summed E-state index contributed by atoms with van der Waals surface area (Å²) in [4.78, 5) is 41.5. The van der Waals surface area contributed by atoms with E-state index in [-0.39, 0.29) is 5.91 Å². The SMILES string of the molecule is COC(=O)[C@H](CCSC)N(C(=O)OC(C)(C)C)C(=O)C1(Cc2ccccc2C)CCNCC1. The van der Waals surface area contributed by atoms with Crippen LogP contribution in [0.5, 0.6) is 0 Å². The molecule has 1 atom stereocenters. The number of piperidine rings is 1. The number of imide groups is 1. The van der Waals surface area contributed by atoms with Gasteiger partial charge in [-0.05, 0) is 89.6 Å². The van der Waals surface area contributed by atoms with E-state index in [1.165, 1.54) is 7.11 Å². The summed E-state index contributed by atoms with van der Waals surface area (Å²) in [5.74, 6) is -0.375. The molecule has 0 aliphatic carbocycles. The molecule has 2 amide bonds. The van der Waals surface area contributed by atoms with E-state index in [0.717, 1.165) is 16.0 Å². The van der Waals surface area contributed by atoms with E-state index in [1.54, 1.807) is 32.5 Å². The molecule has 0 spiro atoms. The highest BCUT2D eigenvalue weighted by Crippen LogP contribution is 2.37. The van der Waals surface area contributed by atoms with Crippen molar-refractivity contribution in [3.63, 3.8) is 0 Å². The van der Waals surface area contributed by atoms with Gasteiger partial charge in [-0.1, -0.05) is 24.3 Å². The Balaban J connectivity index is 2.54. The van der Waals surface area contributed by atoms with Gasteiger partial charge in [-0.15, -0.1) is 0 Å². The number of esters is 1. The van der Waals surface area contributed by atoms with E-state index in [2.05, 4.69) is 5.32 Å². The third-order valence-corrected chi connectivity index (χ3v) is 6.64. The fraction of sp³-hybridized carbons (Fsp3) is 0.640. The number of hydrogen-bond donors (Lipinski definition) is 1. The highest BCUT2D eigenvalue weighted by Gasteiger charge is 2.48. The maximum atomic E-state index is 14.3. The molecule has 1 saturated heterocycles. The molecule has 1 aliphatic rings. The van der Waals surface area contributed by atoms with Gasteiger partial charge in [-0.25, -0.2) is 14.5 Å². The average Bonchev–Trinajstić information content (AvgIpc) is 2.76. The van der Waals surface area contributed by atoms with Crippen LogP contribution in [-0.2, 0) is 25.5 Å². The van der Waals surface area contributed by atoms with Crippen LogP contribution in [0.3, 0.4) is 0 Å². The molecule has 0 radical (unpaired) electrons. The number of benzene rings is 1.